The Morgan fingerprint density at radius 2 is 1.38 bits per heavy atom. The standard InChI is InChI=1S/C29H22N2Si/c1-32(2)25-16-8-13-21-27(25)28-23(15-9-17-26(28)32)31(20-11-4-3-5-12-20)24-18-19-10-6-7-14-22(19)30-29(21)24/h3-18H,1-2H3. The summed E-state index contributed by atoms with van der Waals surface area (Å²) in [6.45, 7) is 4.96. The van der Waals surface area contributed by atoms with Gasteiger partial charge >= 0.3 is 0 Å². The molecule has 7 rings (SSSR count). The molecule has 5 aromatic rings. The molecule has 0 N–H and O–H groups in total. The van der Waals surface area contributed by atoms with Gasteiger partial charge in [-0.3, -0.25) is 0 Å². The lowest BCUT2D eigenvalue weighted by atomic mass is 9.97. The zero-order valence-electron chi connectivity index (χ0n) is 18.1. The third-order valence-corrected chi connectivity index (χ3v) is 10.7. The van der Waals surface area contributed by atoms with Crippen molar-refractivity contribution in [2.45, 2.75) is 13.1 Å². The van der Waals surface area contributed by atoms with Gasteiger partial charge in [-0.1, -0.05) is 79.8 Å². The molecule has 2 aliphatic rings. The molecule has 0 amide bonds. The van der Waals surface area contributed by atoms with Crippen molar-refractivity contribution < 1.29 is 0 Å². The number of para-hydroxylation sites is 2. The Bertz CT molecular complexity index is 1550. The summed E-state index contributed by atoms with van der Waals surface area (Å²) >= 11 is 0. The fourth-order valence-corrected chi connectivity index (χ4v) is 8.73. The molecule has 3 heteroatoms. The van der Waals surface area contributed by atoms with Crippen LogP contribution in [-0.4, -0.2) is 13.1 Å². The normalized spacial score (nSPS) is 14.8. The molecule has 0 fully saturated rings. The number of aromatic nitrogens is 1. The lowest BCUT2D eigenvalue weighted by Gasteiger charge is -2.28. The number of nitrogens with zero attached hydrogens (tertiary/aromatic N) is 2. The summed E-state index contributed by atoms with van der Waals surface area (Å²) in [5, 5.41) is 4.21. The van der Waals surface area contributed by atoms with E-state index in [0.29, 0.717) is 0 Å². The van der Waals surface area contributed by atoms with Crippen LogP contribution in [-0.2, 0) is 0 Å². The van der Waals surface area contributed by atoms with Crippen LogP contribution in [0.1, 0.15) is 0 Å². The van der Waals surface area contributed by atoms with Crippen LogP contribution in [0.25, 0.3) is 33.3 Å². The molecule has 0 saturated carbocycles. The van der Waals surface area contributed by atoms with E-state index in [2.05, 4.69) is 115 Å². The van der Waals surface area contributed by atoms with Crippen molar-refractivity contribution in [1.29, 1.82) is 0 Å². The van der Waals surface area contributed by atoms with Gasteiger partial charge in [0, 0.05) is 22.2 Å². The van der Waals surface area contributed by atoms with Crippen LogP contribution in [0.5, 0.6) is 0 Å². The van der Waals surface area contributed by atoms with Crippen LogP contribution < -0.4 is 15.3 Å². The van der Waals surface area contributed by atoms with E-state index in [1.54, 1.807) is 0 Å². The Hall–Kier alpha value is -3.69. The third-order valence-electron chi connectivity index (χ3n) is 7.16. The minimum Gasteiger partial charge on any atom is -0.308 e. The molecule has 3 heterocycles. The number of anilines is 3. The van der Waals surface area contributed by atoms with E-state index in [-0.39, 0.29) is 0 Å². The van der Waals surface area contributed by atoms with Crippen LogP contribution in [0.15, 0.2) is 97.1 Å². The Balaban J connectivity index is 1.71. The molecule has 2 aliphatic heterocycles. The number of fused-ring (bicyclic) bond motifs is 3. The molecule has 1 aromatic heterocycles. The van der Waals surface area contributed by atoms with Gasteiger partial charge in [0.25, 0.3) is 0 Å². The fourth-order valence-electron chi connectivity index (χ4n) is 5.65. The van der Waals surface area contributed by atoms with Crippen LogP contribution in [0, 0.1) is 0 Å². The average molecular weight is 427 g/mol. The topological polar surface area (TPSA) is 16.1 Å². The predicted molar refractivity (Wildman–Crippen MR) is 138 cm³/mol. The smallest absolute Gasteiger partial charge is 0.113 e. The molecular weight excluding hydrogens is 404 g/mol. The van der Waals surface area contributed by atoms with Crippen molar-refractivity contribution in [2.75, 3.05) is 4.90 Å². The van der Waals surface area contributed by atoms with Crippen LogP contribution in [0.2, 0.25) is 13.1 Å². The number of benzene rings is 4. The lowest BCUT2D eigenvalue weighted by Crippen LogP contribution is -2.49. The monoisotopic (exact) mass is 426 g/mol. The quantitative estimate of drug-likeness (QED) is 0.279. The second-order valence-corrected chi connectivity index (χ2v) is 13.6. The first-order valence-electron chi connectivity index (χ1n) is 11.2. The summed E-state index contributed by atoms with van der Waals surface area (Å²) in [7, 11) is -1.79. The lowest BCUT2D eigenvalue weighted by molar-refractivity contribution is 1.27. The van der Waals surface area contributed by atoms with E-state index >= 15 is 0 Å². The first-order valence-corrected chi connectivity index (χ1v) is 14.2. The van der Waals surface area contributed by atoms with E-state index < -0.39 is 8.07 Å². The van der Waals surface area contributed by atoms with Gasteiger partial charge in [-0.2, -0.15) is 0 Å². The second kappa shape index (κ2) is 6.18. The molecule has 2 nitrogen and oxygen atoms in total. The van der Waals surface area contributed by atoms with Crippen molar-refractivity contribution in [2.24, 2.45) is 0 Å². The largest absolute Gasteiger partial charge is 0.308 e. The van der Waals surface area contributed by atoms with Crippen LogP contribution in [0.3, 0.4) is 0 Å². The van der Waals surface area contributed by atoms with Gasteiger partial charge in [0.05, 0.1) is 22.6 Å². The maximum atomic E-state index is 5.26. The van der Waals surface area contributed by atoms with Crippen LogP contribution >= 0.6 is 0 Å². The summed E-state index contributed by atoms with van der Waals surface area (Å²) < 4.78 is 0. The number of pyridine rings is 1. The van der Waals surface area contributed by atoms with Gasteiger partial charge in [-0.25, -0.2) is 4.98 Å². The van der Waals surface area contributed by atoms with Gasteiger partial charge in [0.2, 0.25) is 0 Å². The van der Waals surface area contributed by atoms with Crippen molar-refractivity contribution in [3.05, 3.63) is 97.1 Å². The number of rotatable bonds is 1. The maximum Gasteiger partial charge on any atom is 0.113 e. The first kappa shape index (κ1) is 17.9. The van der Waals surface area contributed by atoms with E-state index in [0.717, 1.165) is 22.3 Å². The number of hydrogen-bond acceptors (Lipinski definition) is 2. The van der Waals surface area contributed by atoms with Crippen molar-refractivity contribution in [1.82, 2.24) is 4.98 Å². The van der Waals surface area contributed by atoms with Crippen molar-refractivity contribution in [3.8, 4) is 22.4 Å². The zero-order valence-corrected chi connectivity index (χ0v) is 19.1. The zero-order chi connectivity index (χ0) is 21.4. The Labute approximate surface area is 188 Å². The molecular formula is C29H22N2Si. The maximum absolute atomic E-state index is 5.26. The molecule has 0 aliphatic carbocycles. The second-order valence-electron chi connectivity index (χ2n) is 9.27. The SMILES string of the molecule is C[Si]1(C)c2cccc3c2-c2c(cccc21)N(c1ccccc1)c1cc2ccccc2nc1-3. The van der Waals surface area contributed by atoms with Gasteiger partial charge in [0.1, 0.15) is 8.07 Å². The van der Waals surface area contributed by atoms with Gasteiger partial charge in [0.15, 0.2) is 0 Å². The molecule has 152 valence electrons. The molecule has 0 unspecified atom stereocenters. The Morgan fingerprint density at radius 1 is 0.656 bits per heavy atom. The summed E-state index contributed by atoms with van der Waals surface area (Å²) in [5.74, 6) is 0. The highest BCUT2D eigenvalue weighted by atomic mass is 28.3. The highest BCUT2D eigenvalue weighted by Gasteiger charge is 2.42. The highest BCUT2D eigenvalue weighted by Crippen LogP contribution is 2.51. The third kappa shape index (κ3) is 2.21. The van der Waals surface area contributed by atoms with Crippen LogP contribution in [0.4, 0.5) is 17.1 Å². The predicted octanol–water partition coefficient (Wildman–Crippen LogP) is 6.49. The molecule has 0 spiro atoms. The molecule has 32 heavy (non-hydrogen) atoms. The Morgan fingerprint density at radius 3 is 2.22 bits per heavy atom. The van der Waals surface area contributed by atoms with E-state index in [9.17, 15) is 0 Å². The molecule has 0 saturated heterocycles. The summed E-state index contributed by atoms with van der Waals surface area (Å²) in [5.41, 5.74) is 9.74. The number of hydrogen-bond donors (Lipinski definition) is 0. The summed E-state index contributed by atoms with van der Waals surface area (Å²) in [6, 6.07) is 35.2. The van der Waals surface area contributed by atoms with E-state index in [4.69, 9.17) is 4.98 Å². The van der Waals surface area contributed by atoms with Gasteiger partial charge in [-0.05, 0) is 46.3 Å². The summed E-state index contributed by atoms with van der Waals surface area (Å²) in [4.78, 5) is 7.69. The molecule has 0 bridgehead atoms. The molecule has 0 atom stereocenters. The van der Waals surface area contributed by atoms with Crippen molar-refractivity contribution >= 4 is 46.4 Å². The molecule has 4 aromatic carbocycles. The fraction of sp³-hybridized carbons (Fsp3) is 0.0690. The summed E-state index contributed by atoms with van der Waals surface area (Å²) in [6.07, 6.45) is 0. The Kier molecular flexibility index (Phi) is 3.46. The average Bonchev–Trinajstić information content (AvgIpc) is 2.99. The minimum atomic E-state index is -1.79. The van der Waals surface area contributed by atoms with Crippen molar-refractivity contribution in [3.63, 3.8) is 0 Å². The highest BCUT2D eigenvalue weighted by molar-refractivity contribution is 7.04. The molecule has 0 radical (unpaired) electrons. The minimum absolute atomic E-state index is 1.04. The van der Waals surface area contributed by atoms with E-state index in [1.165, 1.54) is 38.4 Å². The van der Waals surface area contributed by atoms with E-state index in [1.807, 2.05) is 0 Å². The first-order chi connectivity index (χ1) is 15.6. The van der Waals surface area contributed by atoms with Gasteiger partial charge < -0.3 is 4.90 Å². The van der Waals surface area contributed by atoms with Gasteiger partial charge in [-0.15, -0.1) is 0 Å².